The van der Waals surface area contributed by atoms with Gasteiger partial charge in [-0.2, -0.15) is 0 Å². The van der Waals surface area contributed by atoms with Crippen molar-refractivity contribution < 1.29 is 9.15 Å². The minimum Gasteiger partial charge on any atom is -0.491 e. The first-order valence-electron chi connectivity index (χ1n) is 8.21. The second-order valence-electron chi connectivity index (χ2n) is 6.09. The van der Waals surface area contributed by atoms with Crippen molar-refractivity contribution in [2.24, 2.45) is 0 Å². The van der Waals surface area contributed by atoms with Crippen LogP contribution in [0.3, 0.4) is 0 Å². The molecule has 2 heterocycles. The maximum absolute atomic E-state index is 12.6. The predicted molar refractivity (Wildman–Crippen MR) is 97.2 cm³/mol. The van der Waals surface area contributed by atoms with Gasteiger partial charge >= 0.3 is 0 Å². The third-order valence-electron chi connectivity index (χ3n) is 4.34. The van der Waals surface area contributed by atoms with Crippen LogP contribution in [-0.2, 0) is 6.54 Å². The highest BCUT2D eigenvalue weighted by atomic mass is 16.5. The standard InChI is InChI=1S/C20H18N2O3/c1-13-6-5-7-14(2)18(13)24-11-10-22-12-21-17-15-8-3-4-9-16(15)25-19(17)20(22)23/h3-9,12H,10-11H2,1-2H3. The molecular weight excluding hydrogens is 316 g/mol. The molecule has 0 saturated heterocycles. The van der Waals surface area contributed by atoms with Gasteiger partial charge in [0.05, 0.1) is 12.9 Å². The van der Waals surface area contributed by atoms with E-state index in [1.165, 1.54) is 4.57 Å². The first kappa shape index (κ1) is 15.4. The number of aromatic nitrogens is 2. The average Bonchev–Trinajstić information content (AvgIpc) is 2.99. The SMILES string of the molecule is Cc1cccc(C)c1OCCn1cnc2c(oc3ccccc32)c1=O. The van der Waals surface area contributed by atoms with Gasteiger partial charge in [-0.25, -0.2) is 4.98 Å². The molecule has 2 aromatic carbocycles. The number of rotatable bonds is 4. The van der Waals surface area contributed by atoms with Crippen molar-refractivity contribution in [2.45, 2.75) is 20.4 Å². The Morgan fingerprint density at radius 1 is 1.08 bits per heavy atom. The van der Waals surface area contributed by atoms with E-state index in [1.807, 2.05) is 56.3 Å². The molecule has 0 aliphatic carbocycles. The Morgan fingerprint density at radius 3 is 2.64 bits per heavy atom. The molecule has 0 aliphatic rings. The van der Waals surface area contributed by atoms with Crippen LogP contribution in [0.15, 0.2) is 58.0 Å². The predicted octanol–water partition coefficient (Wildman–Crippen LogP) is 3.84. The molecule has 4 aromatic rings. The normalized spacial score (nSPS) is 11.3. The van der Waals surface area contributed by atoms with Gasteiger partial charge in [-0.05, 0) is 37.1 Å². The molecule has 5 nitrogen and oxygen atoms in total. The zero-order valence-corrected chi connectivity index (χ0v) is 14.2. The Labute approximate surface area is 144 Å². The van der Waals surface area contributed by atoms with E-state index < -0.39 is 0 Å². The van der Waals surface area contributed by atoms with Crippen molar-refractivity contribution in [3.8, 4) is 5.75 Å². The van der Waals surface area contributed by atoms with Gasteiger partial charge in [-0.1, -0.05) is 30.3 Å². The molecule has 0 saturated carbocycles. The highest BCUT2D eigenvalue weighted by Crippen LogP contribution is 2.24. The number of aryl methyl sites for hydroxylation is 2. The molecular formula is C20H18N2O3. The molecule has 0 N–H and O–H groups in total. The van der Waals surface area contributed by atoms with Crippen LogP contribution in [-0.4, -0.2) is 16.2 Å². The highest BCUT2D eigenvalue weighted by molar-refractivity contribution is 6.01. The van der Waals surface area contributed by atoms with Gasteiger partial charge in [0.2, 0.25) is 5.58 Å². The van der Waals surface area contributed by atoms with Crippen molar-refractivity contribution >= 4 is 22.1 Å². The smallest absolute Gasteiger partial charge is 0.297 e. The molecule has 5 heteroatoms. The molecule has 0 unspecified atom stereocenters. The molecule has 4 rings (SSSR count). The Morgan fingerprint density at radius 2 is 1.84 bits per heavy atom. The van der Waals surface area contributed by atoms with Crippen molar-refractivity contribution in [3.63, 3.8) is 0 Å². The van der Waals surface area contributed by atoms with Crippen LogP contribution in [0.2, 0.25) is 0 Å². The largest absolute Gasteiger partial charge is 0.491 e. The number of para-hydroxylation sites is 2. The lowest BCUT2D eigenvalue weighted by Gasteiger charge is -2.12. The Kier molecular flexibility index (Phi) is 3.76. The van der Waals surface area contributed by atoms with Crippen LogP contribution in [0, 0.1) is 13.8 Å². The first-order valence-corrected chi connectivity index (χ1v) is 8.21. The van der Waals surface area contributed by atoms with Crippen LogP contribution in [0.25, 0.3) is 22.1 Å². The number of ether oxygens (including phenoxy) is 1. The maximum Gasteiger partial charge on any atom is 0.297 e. The van der Waals surface area contributed by atoms with Crippen molar-refractivity contribution in [1.82, 2.24) is 9.55 Å². The van der Waals surface area contributed by atoms with Gasteiger partial charge < -0.3 is 9.15 Å². The van der Waals surface area contributed by atoms with Crippen LogP contribution in [0.4, 0.5) is 0 Å². The van der Waals surface area contributed by atoms with Gasteiger partial charge in [0.15, 0.2) is 0 Å². The second-order valence-corrected chi connectivity index (χ2v) is 6.09. The van der Waals surface area contributed by atoms with Gasteiger partial charge in [0.25, 0.3) is 5.56 Å². The molecule has 2 aromatic heterocycles. The lowest BCUT2D eigenvalue weighted by Crippen LogP contribution is -2.23. The quantitative estimate of drug-likeness (QED) is 0.569. The fourth-order valence-electron chi connectivity index (χ4n) is 3.05. The third kappa shape index (κ3) is 2.67. The number of hydrogen-bond donors (Lipinski definition) is 0. The van der Waals surface area contributed by atoms with E-state index >= 15 is 0 Å². The van der Waals surface area contributed by atoms with E-state index in [2.05, 4.69) is 4.98 Å². The molecule has 0 amide bonds. The highest BCUT2D eigenvalue weighted by Gasteiger charge is 2.13. The van der Waals surface area contributed by atoms with E-state index in [0.29, 0.717) is 24.3 Å². The summed E-state index contributed by atoms with van der Waals surface area (Å²) < 4.78 is 13.1. The lowest BCUT2D eigenvalue weighted by molar-refractivity contribution is 0.292. The fourth-order valence-corrected chi connectivity index (χ4v) is 3.05. The van der Waals surface area contributed by atoms with Crippen LogP contribution < -0.4 is 10.3 Å². The molecule has 0 fully saturated rings. The molecule has 0 aliphatic heterocycles. The Hall–Kier alpha value is -3.08. The van der Waals surface area contributed by atoms with E-state index in [9.17, 15) is 4.79 Å². The zero-order chi connectivity index (χ0) is 17.4. The maximum atomic E-state index is 12.6. The van der Waals surface area contributed by atoms with Gasteiger partial charge in [0.1, 0.15) is 23.5 Å². The van der Waals surface area contributed by atoms with Crippen LogP contribution >= 0.6 is 0 Å². The monoisotopic (exact) mass is 334 g/mol. The van der Waals surface area contributed by atoms with Crippen molar-refractivity contribution in [1.29, 1.82) is 0 Å². The number of furan rings is 1. The second kappa shape index (κ2) is 6.09. The minimum absolute atomic E-state index is 0.189. The minimum atomic E-state index is -0.189. The summed E-state index contributed by atoms with van der Waals surface area (Å²) in [5.74, 6) is 0.869. The summed E-state index contributed by atoms with van der Waals surface area (Å²) in [6, 6.07) is 13.5. The van der Waals surface area contributed by atoms with E-state index in [4.69, 9.17) is 9.15 Å². The van der Waals surface area contributed by atoms with Crippen molar-refractivity contribution in [3.05, 3.63) is 70.3 Å². The van der Waals surface area contributed by atoms with Crippen LogP contribution in [0.1, 0.15) is 11.1 Å². The Balaban J connectivity index is 1.61. The summed E-state index contributed by atoms with van der Waals surface area (Å²) in [6.07, 6.45) is 1.56. The molecule has 0 atom stereocenters. The van der Waals surface area contributed by atoms with Gasteiger partial charge in [0, 0.05) is 5.39 Å². The number of nitrogens with zero attached hydrogens (tertiary/aromatic N) is 2. The lowest BCUT2D eigenvalue weighted by atomic mass is 10.1. The van der Waals surface area contributed by atoms with E-state index in [0.717, 1.165) is 22.3 Å². The number of fused-ring (bicyclic) bond motifs is 3. The van der Waals surface area contributed by atoms with Crippen LogP contribution in [0.5, 0.6) is 5.75 Å². The Bertz CT molecular complexity index is 1100. The topological polar surface area (TPSA) is 57.3 Å². The van der Waals surface area contributed by atoms with Crippen molar-refractivity contribution in [2.75, 3.05) is 6.61 Å². The summed E-state index contributed by atoms with van der Waals surface area (Å²) in [5.41, 5.74) is 3.54. The summed E-state index contributed by atoms with van der Waals surface area (Å²) in [7, 11) is 0. The van der Waals surface area contributed by atoms with Gasteiger partial charge in [-0.15, -0.1) is 0 Å². The summed E-state index contributed by atoms with van der Waals surface area (Å²) in [6.45, 7) is 4.82. The summed E-state index contributed by atoms with van der Waals surface area (Å²) in [5, 5.41) is 0.855. The van der Waals surface area contributed by atoms with E-state index in [1.54, 1.807) is 6.33 Å². The molecule has 0 spiro atoms. The molecule has 0 radical (unpaired) electrons. The third-order valence-corrected chi connectivity index (χ3v) is 4.34. The number of hydrogen-bond acceptors (Lipinski definition) is 4. The molecule has 25 heavy (non-hydrogen) atoms. The van der Waals surface area contributed by atoms with Gasteiger partial charge in [-0.3, -0.25) is 9.36 Å². The zero-order valence-electron chi connectivity index (χ0n) is 14.2. The fraction of sp³-hybridized carbons (Fsp3) is 0.200. The average molecular weight is 334 g/mol. The number of benzene rings is 2. The molecule has 126 valence electrons. The summed E-state index contributed by atoms with van der Waals surface area (Å²) >= 11 is 0. The van der Waals surface area contributed by atoms with E-state index in [-0.39, 0.29) is 11.1 Å². The summed E-state index contributed by atoms with van der Waals surface area (Å²) in [4.78, 5) is 17.1. The molecule has 0 bridgehead atoms. The first-order chi connectivity index (χ1) is 12.1.